The van der Waals surface area contributed by atoms with Crippen molar-refractivity contribution >= 4 is 45.6 Å². The van der Waals surface area contributed by atoms with Gasteiger partial charge in [0.2, 0.25) is 5.91 Å². The second kappa shape index (κ2) is 10.5. The molecule has 3 aromatic rings. The SMILES string of the molecule is C[N+](C)([O-])C/C=C/C(=O)Nc1cc2c(Nc3ccc(F)c(Cl)c3)ncnc2cc1O[C@H]1CCOC1. The Morgan fingerprint density at radius 3 is 2.89 bits per heavy atom. The van der Waals surface area contributed by atoms with Gasteiger partial charge in [-0.25, -0.2) is 14.4 Å². The average molecular weight is 502 g/mol. The van der Waals surface area contributed by atoms with Crippen LogP contribution in [0.15, 0.2) is 48.8 Å². The molecule has 4 rings (SSSR count). The molecule has 35 heavy (non-hydrogen) atoms. The molecule has 1 fully saturated rings. The lowest BCUT2D eigenvalue weighted by Crippen LogP contribution is -2.32. The molecule has 0 radical (unpaired) electrons. The van der Waals surface area contributed by atoms with Crippen molar-refractivity contribution in [2.45, 2.75) is 12.5 Å². The molecule has 2 heterocycles. The minimum atomic E-state index is -0.546. The zero-order valence-electron chi connectivity index (χ0n) is 19.3. The van der Waals surface area contributed by atoms with Crippen LogP contribution in [-0.2, 0) is 9.53 Å². The van der Waals surface area contributed by atoms with Crippen molar-refractivity contribution in [2.24, 2.45) is 0 Å². The molecule has 1 aliphatic heterocycles. The Morgan fingerprint density at radius 1 is 1.34 bits per heavy atom. The van der Waals surface area contributed by atoms with Crippen molar-refractivity contribution in [2.75, 3.05) is 44.5 Å². The van der Waals surface area contributed by atoms with Crippen LogP contribution >= 0.6 is 11.6 Å². The molecule has 0 unspecified atom stereocenters. The third-order valence-electron chi connectivity index (χ3n) is 5.17. The van der Waals surface area contributed by atoms with Crippen LogP contribution in [0.5, 0.6) is 5.75 Å². The van der Waals surface area contributed by atoms with Crippen LogP contribution in [0.2, 0.25) is 5.02 Å². The minimum absolute atomic E-state index is 0.0255. The van der Waals surface area contributed by atoms with E-state index in [1.165, 1.54) is 50.8 Å². The second-order valence-electron chi connectivity index (χ2n) is 8.59. The Balaban J connectivity index is 1.67. The highest BCUT2D eigenvalue weighted by molar-refractivity contribution is 6.31. The van der Waals surface area contributed by atoms with Gasteiger partial charge in [-0.1, -0.05) is 11.6 Å². The van der Waals surface area contributed by atoms with Crippen molar-refractivity contribution in [3.63, 3.8) is 0 Å². The zero-order valence-corrected chi connectivity index (χ0v) is 20.0. The van der Waals surface area contributed by atoms with E-state index in [-0.39, 0.29) is 17.7 Å². The van der Waals surface area contributed by atoms with E-state index in [9.17, 15) is 14.4 Å². The third kappa shape index (κ3) is 6.64. The number of hydrogen-bond acceptors (Lipinski definition) is 7. The molecule has 0 saturated carbocycles. The summed E-state index contributed by atoms with van der Waals surface area (Å²) in [6.07, 6.45) is 4.79. The maximum atomic E-state index is 13.6. The van der Waals surface area contributed by atoms with Gasteiger partial charge in [0.15, 0.2) is 0 Å². The van der Waals surface area contributed by atoms with Crippen molar-refractivity contribution < 1.29 is 23.3 Å². The molecule has 0 bridgehead atoms. The summed E-state index contributed by atoms with van der Waals surface area (Å²) in [5.74, 6) is -0.0734. The van der Waals surface area contributed by atoms with E-state index >= 15 is 0 Å². The number of likely N-dealkylation sites (N-methyl/N-ethyl adjacent to an activating group) is 1. The van der Waals surface area contributed by atoms with Crippen LogP contribution in [0.4, 0.5) is 21.6 Å². The first kappa shape index (κ1) is 24.8. The van der Waals surface area contributed by atoms with Gasteiger partial charge in [-0.05, 0) is 30.3 Å². The third-order valence-corrected chi connectivity index (χ3v) is 5.46. The van der Waals surface area contributed by atoms with E-state index in [0.717, 1.165) is 6.42 Å². The van der Waals surface area contributed by atoms with Gasteiger partial charge in [-0.15, -0.1) is 0 Å². The topological polar surface area (TPSA) is 108 Å². The molecule has 1 aliphatic rings. The van der Waals surface area contributed by atoms with Crippen molar-refractivity contribution in [3.8, 4) is 5.75 Å². The smallest absolute Gasteiger partial charge is 0.248 e. The Labute approximate surface area is 206 Å². The van der Waals surface area contributed by atoms with Gasteiger partial charge >= 0.3 is 0 Å². The molecular weight excluding hydrogens is 477 g/mol. The molecule has 0 spiro atoms. The first-order chi connectivity index (χ1) is 16.7. The molecule has 1 atom stereocenters. The number of quaternary nitrogens is 1. The van der Waals surface area contributed by atoms with E-state index in [4.69, 9.17) is 21.1 Å². The summed E-state index contributed by atoms with van der Waals surface area (Å²) < 4.78 is 24.5. The summed E-state index contributed by atoms with van der Waals surface area (Å²) in [5.41, 5.74) is 1.51. The lowest BCUT2D eigenvalue weighted by Gasteiger charge is -2.32. The summed E-state index contributed by atoms with van der Waals surface area (Å²) in [5, 5.41) is 18.2. The lowest BCUT2D eigenvalue weighted by molar-refractivity contribution is -0.833. The number of carbonyl (C=O) groups is 1. The normalized spacial score (nSPS) is 16.1. The fraction of sp³-hybridized carbons (Fsp3) is 0.292. The largest absolute Gasteiger partial charge is 0.633 e. The number of hydroxylamine groups is 3. The zero-order chi connectivity index (χ0) is 25.0. The molecule has 1 saturated heterocycles. The fourth-order valence-electron chi connectivity index (χ4n) is 3.46. The Bertz CT molecular complexity index is 1260. The Kier molecular flexibility index (Phi) is 7.46. The number of nitrogens with zero attached hydrogens (tertiary/aromatic N) is 3. The van der Waals surface area contributed by atoms with Crippen LogP contribution in [0.1, 0.15) is 6.42 Å². The van der Waals surface area contributed by atoms with Gasteiger partial charge in [-0.3, -0.25) is 4.79 Å². The molecule has 11 heteroatoms. The highest BCUT2D eigenvalue weighted by Crippen LogP contribution is 2.35. The summed E-state index contributed by atoms with van der Waals surface area (Å²) in [6.45, 7) is 1.20. The van der Waals surface area contributed by atoms with Crippen molar-refractivity contribution in [1.82, 2.24) is 9.97 Å². The predicted octanol–water partition coefficient (Wildman–Crippen LogP) is 4.40. The number of amides is 1. The summed E-state index contributed by atoms with van der Waals surface area (Å²) in [4.78, 5) is 21.2. The van der Waals surface area contributed by atoms with Crippen LogP contribution in [0.25, 0.3) is 10.9 Å². The Hall–Kier alpha value is -3.31. The first-order valence-electron chi connectivity index (χ1n) is 10.9. The van der Waals surface area contributed by atoms with Crippen LogP contribution in [0.3, 0.4) is 0 Å². The van der Waals surface area contributed by atoms with Gasteiger partial charge in [0, 0.05) is 29.6 Å². The van der Waals surface area contributed by atoms with Crippen LogP contribution in [-0.4, -0.2) is 60.5 Å². The first-order valence-corrected chi connectivity index (χ1v) is 11.3. The number of hydrogen-bond donors (Lipinski definition) is 2. The monoisotopic (exact) mass is 501 g/mol. The van der Waals surface area contributed by atoms with E-state index in [1.807, 2.05) is 0 Å². The molecule has 1 amide bonds. The number of benzene rings is 2. The van der Waals surface area contributed by atoms with Crippen molar-refractivity contribution in [1.29, 1.82) is 0 Å². The molecule has 9 nitrogen and oxygen atoms in total. The number of aromatic nitrogens is 2. The van der Waals surface area contributed by atoms with E-state index in [2.05, 4.69) is 20.6 Å². The quantitative estimate of drug-likeness (QED) is 0.267. The Morgan fingerprint density at radius 2 is 2.17 bits per heavy atom. The molecule has 2 aromatic carbocycles. The molecule has 0 aliphatic carbocycles. The van der Waals surface area contributed by atoms with Gasteiger partial charge in [0.25, 0.3) is 0 Å². The summed E-state index contributed by atoms with van der Waals surface area (Å²) in [7, 11) is 2.98. The van der Waals surface area contributed by atoms with Gasteiger partial charge in [-0.2, -0.15) is 0 Å². The average Bonchev–Trinajstić information content (AvgIpc) is 3.29. The highest BCUT2D eigenvalue weighted by atomic mass is 35.5. The van der Waals surface area contributed by atoms with Crippen LogP contribution < -0.4 is 15.4 Å². The minimum Gasteiger partial charge on any atom is -0.633 e. The van der Waals surface area contributed by atoms with E-state index in [1.54, 1.807) is 12.1 Å². The number of fused-ring (bicyclic) bond motifs is 1. The lowest BCUT2D eigenvalue weighted by atomic mass is 10.1. The summed E-state index contributed by atoms with van der Waals surface area (Å²) >= 11 is 5.90. The number of carbonyl (C=O) groups excluding carboxylic acids is 1. The highest BCUT2D eigenvalue weighted by Gasteiger charge is 2.21. The van der Waals surface area contributed by atoms with Crippen LogP contribution in [0, 0.1) is 11.0 Å². The fourth-order valence-corrected chi connectivity index (χ4v) is 3.64. The number of anilines is 3. The second-order valence-corrected chi connectivity index (χ2v) is 9.00. The van der Waals surface area contributed by atoms with Gasteiger partial charge in [0.1, 0.15) is 29.8 Å². The standard InChI is InChI=1S/C24H25ClFN5O4/c1-31(2,33)8-3-4-23(32)30-21-11-17-20(12-22(21)35-16-7-9-34-13-16)27-14-28-24(17)29-15-5-6-19(26)18(25)10-15/h3-6,10-12,14,16H,7-9,13H2,1-2H3,(H,30,32)(H,27,28,29)/b4-3+/t16-/m0/s1. The molecular formula is C24H25ClFN5O4. The number of ether oxygens (including phenoxy) is 2. The summed E-state index contributed by atoms with van der Waals surface area (Å²) in [6, 6.07) is 7.66. The molecule has 184 valence electrons. The maximum Gasteiger partial charge on any atom is 0.248 e. The number of halogens is 2. The van der Waals surface area contributed by atoms with Gasteiger partial charge < -0.3 is 30.0 Å². The molecule has 2 N–H and O–H groups in total. The van der Waals surface area contributed by atoms with Crippen molar-refractivity contribution in [3.05, 3.63) is 64.9 Å². The van der Waals surface area contributed by atoms with E-state index < -0.39 is 16.4 Å². The molecule has 1 aromatic heterocycles. The van der Waals surface area contributed by atoms with E-state index in [0.29, 0.717) is 47.1 Å². The maximum absolute atomic E-state index is 13.6. The van der Waals surface area contributed by atoms with Gasteiger partial charge in [0.05, 0.1) is 50.1 Å². The number of nitrogens with one attached hydrogen (secondary N) is 2. The predicted molar refractivity (Wildman–Crippen MR) is 132 cm³/mol. The number of rotatable bonds is 8.